The van der Waals surface area contributed by atoms with E-state index in [0.717, 1.165) is 0 Å². The van der Waals surface area contributed by atoms with Gasteiger partial charge in [0.15, 0.2) is 0 Å². The van der Waals surface area contributed by atoms with Crippen LogP contribution < -0.4 is 0 Å². The maximum Gasteiger partial charge on any atom is 0.0267 e. The Balaban J connectivity index is 0.000000354. The zero-order valence-corrected chi connectivity index (χ0v) is 12.7. The van der Waals surface area contributed by atoms with E-state index in [1.165, 1.54) is 56.7 Å². The Morgan fingerprint density at radius 1 is 0.765 bits per heavy atom. The summed E-state index contributed by atoms with van der Waals surface area (Å²) in [6.07, 6.45) is 14.9. The lowest BCUT2D eigenvalue weighted by Gasteiger charge is -1.98. The van der Waals surface area contributed by atoms with Gasteiger partial charge in [-0.05, 0) is 18.6 Å². The van der Waals surface area contributed by atoms with E-state index in [-0.39, 0.29) is 0 Å². The number of rotatable bonds is 8. The van der Waals surface area contributed by atoms with Crippen LogP contribution in [0.5, 0.6) is 0 Å². The van der Waals surface area contributed by atoms with Crippen molar-refractivity contribution in [1.82, 2.24) is 4.98 Å². The summed E-state index contributed by atoms with van der Waals surface area (Å²) in [5.41, 5.74) is 0. The van der Waals surface area contributed by atoms with Crippen LogP contribution in [0.15, 0.2) is 30.6 Å². The smallest absolute Gasteiger partial charge is 0.0267 e. The molecule has 0 unspecified atom stereocenters. The quantitative estimate of drug-likeness (QED) is 0.449. The molecule has 0 N–H and O–H groups in total. The molecule has 0 atom stereocenters. The van der Waals surface area contributed by atoms with Gasteiger partial charge in [-0.1, -0.05) is 73.9 Å². The Hall–Kier alpha value is -0.370. The molecule has 1 aromatic heterocycles. The largest absolute Gasteiger partial charge is 0.265 e. The van der Waals surface area contributed by atoms with Crippen molar-refractivity contribution in [3.63, 3.8) is 0 Å². The number of nitrogens with zero attached hydrogens (tertiary/aromatic N) is 1. The second-order valence-corrected chi connectivity index (χ2v) is 4.98. The van der Waals surface area contributed by atoms with Crippen LogP contribution in [0, 0.1) is 0 Å². The SMILES string of the molecule is CCCCCCCCCCBr.c1ccncc1. The van der Waals surface area contributed by atoms with E-state index in [1.54, 1.807) is 12.4 Å². The molecule has 1 aromatic rings. The van der Waals surface area contributed by atoms with E-state index in [1.807, 2.05) is 18.2 Å². The molecule has 0 bridgehead atoms. The molecule has 17 heavy (non-hydrogen) atoms. The monoisotopic (exact) mass is 299 g/mol. The number of hydrogen-bond acceptors (Lipinski definition) is 1. The van der Waals surface area contributed by atoms with Crippen LogP contribution in [0.4, 0.5) is 0 Å². The summed E-state index contributed by atoms with van der Waals surface area (Å²) in [5, 5.41) is 1.18. The first kappa shape index (κ1) is 16.6. The van der Waals surface area contributed by atoms with Crippen molar-refractivity contribution in [3.8, 4) is 0 Å². The summed E-state index contributed by atoms with van der Waals surface area (Å²) in [6.45, 7) is 2.27. The van der Waals surface area contributed by atoms with Crippen LogP contribution in [0.2, 0.25) is 0 Å². The van der Waals surface area contributed by atoms with Gasteiger partial charge in [0.25, 0.3) is 0 Å². The minimum Gasteiger partial charge on any atom is -0.265 e. The number of halogens is 1. The van der Waals surface area contributed by atoms with Crippen LogP contribution in [-0.4, -0.2) is 10.3 Å². The van der Waals surface area contributed by atoms with Gasteiger partial charge in [-0.3, -0.25) is 4.98 Å². The van der Waals surface area contributed by atoms with Crippen LogP contribution in [0.3, 0.4) is 0 Å². The molecule has 1 heterocycles. The zero-order chi connectivity index (χ0) is 12.6. The van der Waals surface area contributed by atoms with Gasteiger partial charge in [0.2, 0.25) is 0 Å². The lowest BCUT2D eigenvalue weighted by Crippen LogP contribution is -1.80. The van der Waals surface area contributed by atoms with Crippen LogP contribution in [-0.2, 0) is 0 Å². The predicted octanol–water partition coefficient (Wildman–Crippen LogP) is 5.60. The third-order valence-electron chi connectivity index (χ3n) is 2.55. The maximum absolute atomic E-state index is 3.78. The molecule has 0 aromatic carbocycles. The van der Waals surface area contributed by atoms with E-state index in [9.17, 15) is 0 Å². The Kier molecular flexibility index (Phi) is 15.3. The molecule has 1 nitrogen and oxygen atoms in total. The molecule has 0 radical (unpaired) electrons. The minimum atomic E-state index is 1.18. The van der Waals surface area contributed by atoms with Gasteiger partial charge < -0.3 is 0 Å². The second kappa shape index (κ2) is 15.6. The summed E-state index contributed by atoms with van der Waals surface area (Å²) in [4.78, 5) is 3.78. The van der Waals surface area contributed by atoms with E-state index in [4.69, 9.17) is 0 Å². The Bertz CT molecular complexity index is 179. The van der Waals surface area contributed by atoms with Crippen LogP contribution in [0.1, 0.15) is 58.3 Å². The van der Waals surface area contributed by atoms with Gasteiger partial charge in [0.05, 0.1) is 0 Å². The third-order valence-corrected chi connectivity index (χ3v) is 3.11. The van der Waals surface area contributed by atoms with Crippen molar-refractivity contribution in [2.75, 3.05) is 5.33 Å². The van der Waals surface area contributed by atoms with E-state index >= 15 is 0 Å². The average Bonchev–Trinajstić information content (AvgIpc) is 2.41. The first-order valence-corrected chi connectivity index (χ1v) is 7.95. The van der Waals surface area contributed by atoms with Crippen molar-refractivity contribution < 1.29 is 0 Å². The molecule has 0 aliphatic heterocycles. The molecular weight excluding hydrogens is 274 g/mol. The molecule has 2 heteroatoms. The second-order valence-electron chi connectivity index (χ2n) is 4.19. The first-order valence-electron chi connectivity index (χ1n) is 6.82. The lowest BCUT2D eigenvalue weighted by atomic mass is 10.1. The van der Waals surface area contributed by atoms with Crippen LogP contribution in [0.25, 0.3) is 0 Å². The topological polar surface area (TPSA) is 12.9 Å². The van der Waals surface area contributed by atoms with Gasteiger partial charge in [0.1, 0.15) is 0 Å². The molecule has 0 saturated heterocycles. The van der Waals surface area contributed by atoms with Crippen molar-refractivity contribution in [2.45, 2.75) is 58.3 Å². The van der Waals surface area contributed by atoms with Gasteiger partial charge in [-0.25, -0.2) is 0 Å². The number of unbranched alkanes of at least 4 members (excludes halogenated alkanes) is 7. The van der Waals surface area contributed by atoms with E-state index < -0.39 is 0 Å². The minimum absolute atomic E-state index is 1.18. The molecule has 98 valence electrons. The summed E-state index contributed by atoms with van der Waals surface area (Å²) < 4.78 is 0. The standard InChI is InChI=1S/C10H21Br.C5H5N/c1-2-3-4-5-6-7-8-9-10-11;1-2-4-6-5-3-1/h2-10H2,1H3;1-5H. The molecule has 0 aliphatic carbocycles. The first-order chi connectivity index (χ1) is 8.41. The molecular formula is C15H26BrN. The molecule has 0 spiro atoms. The predicted molar refractivity (Wildman–Crippen MR) is 80.6 cm³/mol. The van der Waals surface area contributed by atoms with Crippen molar-refractivity contribution >= 4 is 15.9 Å². The van der Waals surface area contributed by atoms with E-state index in [2.05, 4.69) is 27.8 Å². The van der Waals surface area contributed by atoms with Gasteiger partial charge in [0, 0.05) is 17.7 Å². The van der Waals surface area contributed by atoms with Crippen molar-refractivity contribution in [3.05, 3.63) is 30.6 Å². The highest BCUT2D eigenvalue weighted by atomic mass is 79.9. The fourth-order valence-electron chi connectivity index (χ4n) is 1.54. The fraction of sp³-hybridized carbons (Fsp3) is 0.667. The number of pyridine rings is 1. The Labute approximate surface area is 115 Å². The number of aromatic nitrogens is 1. The molecule has 0 fully saturated rings. The van der Waals surface area contributed by atoms with Gasteiger partial charge in [-0.15, -0.1) is 0 Å². The molecule has 1 rings (SSSR count). The van der Waals surface area contributed by atoms with Gasteiger partial charge in [-0.2, -0.15) is 0 Å². The average molecular weight is 300 g/mol. The zero-order valence-electron chi connectivity index (χ0n) is 11.1. The van der Waals surface area contributed by atoms with E-state index in [0.29, 0.717) is 0 Å². The maximum atomic E-state index is 3.78. The Morgan fingerprint density at radius 3 is 1.65 bits per heavy atom. The number of hydrogen-bond donors (Lipinski definition) is 0. The lowest BCUT2D eigenvalue weighted by molar-refractivity contribution is 0.587. The molecule has 0 aliphatic rings. The van der Waals surface area contributed by atoms with Crippen LogP contribution >= 0.6 is 15.9 Å². The summed E-state index contributed by atoms with van der Waals surface area (Å²) >= 11 is 3.44. The Morgan fingerprint density at radius 2 is 1.29 bits per heavy atom. The van der Waals surface area contributed by atoms with Crippen molar-refractivity contribution in [2.24, 2.45) is 0 Å². The molecule has 0 saturated carbocycles. The normalized spacial score (nSPS) is 9.53. The highest BCUT2D eigenvalue weighted by Crippen LogP contribution is 2.08. The van der Waals surface area contributed by atoms with Gasteiger partial charge >= 0.3 is 0 Å². The van der Waals surface area contributed by atoms with Crippen molar-refractivity contribution in [1.29, 1.82) is 0 Å². The molecule has 0 amide bonds. The highest BCUT2D eigenvalue weighted by molar-refractivity contribution is 9.09. The summed E-state index contributed by atoms with van der Waals surface area (Å²) in [7, 11) is 0. The number of alkyl halides is 1. The third kappa shape index (κ3) is 15.6. The highest BCUT2D eigenvalue weighted by Gasteiger charge is 1.89. The fourth-order valence-corrected chi connectivity index (χ4v) is 1.94. The summed E-state index contributed by atoms with van der Waals surface area (Å²) in [6, 6.07) is 5.72. The summed E-state index contributed by atoms with van der Waals surface area (Å²) in [5.74, 6) is 0.